The summed E-state index contributed by atoms with van der Waals surface area (Å²) < 4.78 is 5.41. The van der Waals surface area contributed by atoms with Crippen LogP contribution >= 0.6 is 0 Å². The van der Waals surface area contributed by atoms with Gasteiger partial charge < -0.3 is 4.74 Å². The average Bonchev–Trinajstić information content (AvgIpc) is 2.28. The van der Waals surface area contributed by atoms with Gasteiger partial charge in [-0.3, -0.25) is 4.79 Å². The standard InChI is InChI=1S/C15H22O2/c1-12(2)7-6-10-17-11-15(16)14-9-5-4-8-13(14)3/h4-5,8-9,12H,6-7,10-11H2,1-3H3. The number of Topliss-reactive ketones (excluding diaryl/α,β-unsaturated/α-hetero) is 1. The second-order valence-electron chi connectivity index (χ2n) is 4.83. The molecule has 0 aliphatic rings. The van der Waals surface area contributed by atoms with Crippen LogP contribution in [0, 0.1) is 12.8 Å². The number of benzene rings is 1. The quantitative estimate of drug-likeness (QED) is 0.532. The van der Waals surface area contributed by atoms with Gasteiger partial charge in [0, 0.05) is 12.2 Å². The van der Waals surface area contributed by atoms with E-state index in [0.29, 0.717) is 12.5 Å². The number of aryl methyl sites for hydroxylation is 1. The minimum Gasteiger partial charge on any atom is -0.373 e. The van der Waals surface area contributed by atoms with Gasteiger partial charge in [0.1, 0.15) is 6.61 Å². The lowest BCUT2D eigenvalue weighted by molar-refractivity contribution is 0.0748. The highest BCUT2D eigenvalue weighted by Crippen LogP contribution is 2.08. The molecule has 0 amide bonds. The average molecular weight is 234 g/mol. The lowest BCUT2D eigenvalue weighted by Crippen LogP contribution is -2.11. The van der Waals surface area contributed by atoms with Gasteiger partial charge in [-0.2, -0.15) is 0 Å². The first-order valence-electron chi connectivity index (χ1n) is 6.28. The molecule has 0 aliphatic carbocycles. The number of hydrogen-bond donors (Lipinski definition) is 0. The van der Waals surface area contributed by atoms with Crippen LogP contribution in [0.15, 0.2) is 24.3 Å². The van der Waals surface area contributed by atoms with Crippen LogP contribution in [0.1, 0.15) is 42.6 Å². The highest BCUT2D eigenvalue weighted by Gasteiger charge is 2.07. The number of hydrogen-bond acceptors (Lipinski definition) is 2. The van der Waals surface area contributed by atoms with Gasteiger partial charge in [0.05, 0.1) is 0 Å². The summed E-state index contributed by atoms with van der Waals surface area (Å²) in [6, 6.07) is 7.63. The molecule has 0 radical (unpaired) electrons. The van der Waals surface area contributed by atoms with Crippen LogP contribution in [0.4, 0.5) is 0 Å². The zero-order valence-corrected chi connectivity index (χ0v) is 11.0. The molecule has 0 heterocycles. The first kappa shape index (κ1) is 13.9. The maximum Gasteiger partial charge on any atom is 0.188 e. The Labute approximate surface area is 104 Å². The Bertz CT molecular complexity index is 356. The van der Waals surface area contributed by atoms with Gasteiger partial charge in [-0.25, -0.2) is 0 Å². The second-order valence-corrected chi connectivity index (χ2v) is 4.83. The predicted molar refractivity (Wildman–Crippen MR) is 70.4 cm³/mol. The molecule has 1 aromatic carbocycles. The molecular weight excluding hydrogens is 212 g/mol. The second kappa shape index (κ2) is 7.23. The van der Waals surface area contributed by atoms with E-state index in [1.165, 1.54) is 0 Å². The number of ketones is 1. The number of carbonyl (C=O) groups is 1. The third-order valence-electron chi connectivity index (χ3n) is 2.75. The van der Waals surface area contributed by atoms with Crippen molar-refractivity contribution in [3.05, 3.63) is 35.4 Å². The molecule has 1 rings (SSSR count). The zero-order chi connectivity index (χ0) is 12.7. The van der Waals surface area contributed by atoms with E-state index in [-0.39, 0.29) is 12.4 Å². The minimum atomic E-state index is 0.0765. The van der Waals surface area contributed by atoms with Crippen molar-refractivity contribution >= 4 is 5.78 Å². The van der Waals surface area contributed by atoms with E-state index in [1.807, 2.05) is 31.2 Å². The lowest BCUT2D eigenvalue weighted by atomic mass is 10.1. The molecule has 0 fully saturated rings. The van der Waals surface area contributed by atoms with Crippen molar-refractivity contribution in [2.75, 3.05) is 13.2 Å². The molecule has 0 aromatic heterocycles. The van der Waals surface area contributed by atoms with Crippen LogP contribution in [0.3, 0.4) is 0 Å². The molecule has 17 heavy (non-hydrogen) atoms. The molecule has 94 valence electrons. The van der Waals surface area contributed by atoms with Gasteiger partial charge in [0.25, 0.3) is 0 Å². The van der Waals surface area contributed by atoms with Gasteiger partial charge in [0.15, 0.2) is 5.78 Å². The zero-order valence-electron chi connectivity index (χ0n) is 11.0. The summed E-state index contributed by atoms with van der Waals surface area (Å²) in [5.74, 6) is 0.776. The highest BCUT2D eigenvalue weighted by molar-refractivity contribution is 5.98. The van der Waals surface area contributed by atoms with E-state index >= 15 is 0 Å². The smallest absolute Gasteiger partial charge is 0.188 e. The Hall–Kier alpha value is -1.15. The number of rotatable bonds is 7. The van der Waals surface area contributed by atoms with Crippen molar-refractivity contribution in [2.45, 2.75) is 33.6 Å². The van der Waals surface area contributed by atoms with Gasteiger partial charge in [-0.1, -0.05) is 38.1 Å². The molecule has 2 heteroatoms. The van der Waals surface area contributed by atoms with Crippen molar-refractivity contribution in [3.8, 4) is 0 Å². The molecule has 0 N–H and O–H groups in total. The summed E-state index contributed by atoms with van der Waals surface area (Å²) in [4.78, 5) is 11.8. The normalized spacial score (nSPS) is 10.8. The maximum absolute atomic E-state index is 11.8. The summed E-state index contributed by atoms with van der Waals surface area (Å²) in [5, 5.41) is 0. The lowest BCUT2D eigenvalue weighted by Gasteiger charge is -2.07. The first-order valence-corrected chi connectivity index (χ1v) is 6.28. The first-order chi connectivity index (χ1) is 8.11. The van der Waals surface area contributed by atoms with Crippen molar-refractivity contribution in [1.29, 1.82) is 0 Å². The molecule has 0 bridgehead atoms. The molecule has 0 atom stereocenters. The molecule has 0 aliphatic heterocycles. The van der Waals surface area contributed by atoms with Crippen molar-refractivity contribution in [3.63, 3.8) is 0 Å². The molecule has 1 aromatic rings. The Morgan fingerprint density at radius 1 is 1.29 bits per heavy atom. The van der Waals surface area contributed by atoms with E-state index in [0.717, 1.165) is 24.0 Å². The Balaban J connectivity index is 2.29. The predicted octanol–water partition coefficient (Wildman–Crippen LogP) is 3.63. The monoisotopic (exact) mass is 234 g/mol. The van der Waals surface area contributed by atoms with Crippen molar-refractivity contribution in [2.24, 2.45) is 5.92 Å². The maximum atomic E-state index is 11.8. The third-order valence-corrected chi connectivity index (χ3v) is 2.75. The molecule has 2 nitrogen and oxygen atoms in total. The van der Waals surface area contributed by atoms with Gasteiger partial charge in [-0.05, 0) is 31.2 Å². The van der Waals surface area contributed by atoms with E-state index in [2.05, 4.69) is 13.8 Å². The Kier molecular flexibility index (Phi) is 5.92. The fourth-order valence-corrected chi connectivity index (χ4v) is 1.72. The summed E-state index contributed by atoms with van der Waals surface area (Å²) in [7, 11) is 0. The van der Waals surface area contributed by atoms with Gasteiger partial charge in [0.2, 0.25) is 0 Å². The van der Waals surface area contributed by atoms with E-state index in [1.54, 1.807) is 0 Å². The van der Waals surface area contributed by atoms with Crippen LogP contribution in [-0.2, 0) is 4.74 Å². The number of carbonyl (C=O) groups excluding carboxylic acids is 1. The van der Waals surface area contributed by atoms with E-state index in [9.17, 15) is 4.79 Å². The van der Waals surface area contributed by atoms with E-state index < -0.39 is 0 Å². The summed E-state index contributed by atoms with van der Waals surface area (Å²) in [5.41, 5.74) is 1.79. The van der Waals surface area contributed by atoms with Crippen LogP contribution < -0.4 is 0 Å². The number of ether oxygens (including phenoxy) is 1. The summed E-state index contributed by atoms with van der Waals surface area (Å²) in [6.07, 6.45) is 2.18. The Morgan fingerprint density at radius 2 is 2.00 bits per heavy atom. The molecule has 0 saturated heterocycles. The molecular formula is C15H22O2. The van der Waals surface area contributed by atoms with Crippen LogP contribution in [-0.4, -0.2) is 19.0 Å². The van der Waals surface area contributed by atoms with Crippen LogP contribution in [0.5, 0.6) is 0 Å². The van der Waals surface area contributed by atoms with Gasteiger partial charge in [-0.15, -0.1) is 0 Å². The fourth-order valence-electron chi connectivity index (χ4n) is 1.72. The van der Waals surface area contributed by atoms with Crippen LogP contribution in [0.2, 0.25) is 0 Å². The summed E-state index contributed by atoms with van der Waals surface area (Å²) in [6.45, 7) is 7.21. The SMILES string of the molecule is Cc1ccccc1C(=O)COCCCC(C)C. The fraction of sp³-hybridized carbons (Fsp3) is 0.533. The van der Waals surface area contributed by atoms with Crippen molar-refractivity contribution < 1.29 is 9.53 Å². The Morgan fingerprint density at radius 3 is 2.65 bits per heavy atom. The topological polar surface area (TPSA) is 26.3 Å². The van der Waals surface area contributed by atoms with Gasteiger partial charge >= 0.3 is 0 Å². The largest absolute Gasteiger partial charge is 0.373 e. The van der Waals surface area contributed by atoms with Crippen molar-refractivity contribution in [1.82, 2.24) is 0 Å². The molecule has 0 spiro atoms. The minimum absolute atomic E-state index is 0.0765. The van der Waals surface area contributed by atoms with Crippen LogP contribution in [0.25, 0.3) is 0 Å². The third kappa shape index (κ3) is 5.14. The molecule has 0 saturated carbocycles. The molecule has 0 unspecified atom stereocenters. The highest BCUT2D eigenvalue weighted by atomic mass is 16.5. The summed E-state index contributed by atoms with van der Waals surface area (Å²) >= 11 is 0. The van der Waals surface area contributed by atoms with E-state index in [4.69, 9.17) is 4.74 Å².